The van der Waals surface area contributed by atoms with Crippen molar-refractivity contribution in [1.82, 2.24) is 5.32 Å². The zero-order chi connectivity index (χ0) is 13.7. The summed E-state index contributed by atoms with van der Waals surface area (Å²) in [5.74, 6) is 0.378. The Morgan fingerprint density at radius 3 is 2.42 bits per heavy atom. The molecule has 0 saturated heterocycles. The number of hydrogen-bond acceptors (Lipinski definition) is 2. The summed E-state index contributed by atoms with van der Waals surface area (Å²) in [6.07, 6.45) is 0. The Bertz CT molecular complexity index is 542. The van der Waals surface area contributed by atoms with Gasteiger partial charge in [0.25, 0.3) is 0 Å². The fourth-order valence-corrected chi connectivity index (χ4v) is 2.66. The van der Waals surface area contributed by atoms with E-state index in [0.717, 1.165) is 17.9 Å². The van der Waals surface area contributed by atoms with E-state index in [0.29, 0.717) is 0 Å². The molecular formula is C15H15ClFNS. The maximum Gasteiger partial charge on any atom is 0.142 e. The zero-order valence-corrected chi connectivity index (χ0v) is 12.2. The minimum Gasteiger partial charge on any atom is -0.316 e. The van der Waals surface area contributed by atoms with Crippen LogP contribution in [0.25, 0.3) is 0 Å². The highest BCUT2D eigenvalue weighted by atomic mass is 35.5. The van der Waals surface area contributed by atoms with Gasteiger partial charge in [-0.05, 0) is 42.4 Å². The van der Waals surface area contributed by atoms with E-state index in [-0.39, 0.29) is 10.8 Å². The van der Waals surface area contributed by atoms with Crippen LogP contribution in [0.5, 0.6) is 0 Å². The third kappa shape index (κ3) is 4.23. The van der Waals surface area contributed by atoms with Crippen molar-refractivity contribution in [2.75, 3.05) is 7.05 Å². The topological polar surface area (TPSA) is 12.0 Å². The van der Waals surface area contributed by atoms with Gasteiger partial charge >= 0.3 is 0 Å². The smallest absolute Gasteiger partial charge is 0.142 e. The van der Waals surface area contributed by atoms with Crippen molar-refractivity contribution in [3.63, 3.8) is 0 Å². The molecule has 100 valence electrons. The van der Waals surface area contributed by atoms with Gasteiger partial charge in [-0.1, -0.05) is 29.8 Å². The molecule has 2 rings (SSSR count). The molecule has 0 unspecified atom stereocenters. The van der Waals surface area contributed by atoms with Gasteiger partial charge < -0.3 is 5.32 Å². The maximum absolute atomic E-state index is 13.3. The highest BCUT2D eigenvalue weighted by molar-refractivity contribution is 7.98. The van der Waals surface area contributed by atoms with Gasteiger partial charge in [-0.2, -0.15) is 0 Å². The molecule has 0 aromatic heterocycles. The number of nitrogens with one attached hydrogen (secondary N) is 1. The van der Waals surface area contributed by atoms with Crippen LogP contribution in [-0.4, -0.2) is 7.05 Å². The van der Waals surface area contributed by atoms with Crippen molar-refractivity contribution in [2.24, 2.45) is 0 Å². The Hall–Kier alpha value is -1.03. The SMILES string of the molecule is CNCc1ccc(SCc2ccc(Cl)c(F)c2)cc1. The zero-order valence-electron chi connectivity index (χ0n) is 10.6. The molecule has 0 saturated carbocycles. The molecule has 0 amide bonds. The molecule has 1 N–H and O–H groups in total. The van der Waals surface area contributed by atoms with Gasteiger partial charge in [0.1, 0.15) is 5.82 Å². The number of halogens is 2. The highest BCUT2D eigenvalue weighted by Gasteiger charge is 2.02. The summed E-state index contributed by atoms with van der Waals surface area (Å²) in [6, 6.07) is 13.3. The van der Waals surface area contributed by atoms with Crippen molar-refractivity contribution in [3.05, 3.63) is 64.4 Å². The highest BCUT2D eigenvalue weighted by Crippen LogP contribution is 2.25. The van der Waals surface area contributed by atoms with Gasteiger partial charge in [0.05, 0.1) is 5.02 Å². The van der Waals surface area contributed by atoms with Crippen molar-refractivity contribution in [3.8, 4) is 0 Å². The normalized spacial score (nSPS) is 10.7. The lowest BCUT2D eigenvalue weighted by molar-refractivity contribution is 0.627. The summed E-state index contributed by atoms with van der Waals surface area (Å²) < 4.78 is 13.3. The summed E-state index contributed by atoms with van der Waals surface area (Å²) >= 11 is 7.34. The Morgan fingerprint density at radius 1 is 1.11 bits per heavy atom. The van der Waals surface area contributed by atoms with E-state index < -0.39 is 0 Å². The monoisotopic (exact) mass is 295 g/mol. The summed E-state index contributed by atoms with van der Waals surface area (Å²) in [5.41, 5.74) is 2.19. The molecule has 0 aliphatic rings. The van der Waals surface area contributed by atoms with Crippen LogP contribution in [0.15, 0.2) is 47.4 Å². The van der Waals surface area contributed by atoms with Crippen molar-refractivity contribution in [2.45, 2.75) is 17.2 Å². The van der Waals surface area contributed by atoms with E-state index in [9.17, 15) is 4.39 Å². The first-order chi connectivity index (χ1) is 9.19. The molecule has 4 heteroatoms. The van der Waals surface area contributed by atoms with Crippen molar-refractivity contribution < 1.29 is 4.39 Å². The molecule has 0 heterocycles. The van der Waals surface area contributed by atoms with Crippen molar-refractivity contribution in [1.29, 1.82) is 0 Å². The minimum absolute atomic E-state index is 0.171. The van der Waals surface area contributed by atoms with Crippen LogP contribution < -0.4 is 5.32 Å². The molecule has 1 nitrogen and oxygen atoms in total. The van der Waals surface area contributed by atoms with Crippen molar-refractivity contribution >= 4 is 23.4 Å². The second-order valence-corrected chi connectivity index (χ2v) is 5.67. The van der Waals surface area contributed by atoms with E-state index in [1.54, 1.807) is 17.8 Å². The van der Waals surface area contributed by atoms with Gasteiger partial charge in [-0.3, -0.25) is 0 Å². The molecule has 2 aromatic carbocycles. The van der Waals surface area contributed by atoms with Crippen LogP contribution in [-0.2, 0) is 12.3 Å². The summed E-state index contributed by atoms with van der Waals surface area (Å²) in [4.78, 5) is 1.18. The third-order valence-electron chi connectivity index (χ3n) is 2.69. The Balaban J connectivity index is 1.96. The van der Waals surface area contributed by atoms with Crippen LogP contribution in [0, 0.1) is 5.82 Å². The molecule has 0 aliphatic heterocycles. The Morgan fingerprint density at radius 2 is 1.79 bits per heavy atom. The molecule has 0 spiro atoms. The maximum atomic E-state index is 13.3. The number of benzene rings is 2. The van der Waals surface area contributed by atoms with E-state index in [2.05, 4.69) is 29.6 Å². The van der Waals surface area contributed by atoms with Gasteiger partial charge in [0.15, 0.2) is 0 Å². The second kappa shape index (κ2) is 6.94. The van der Waals surface area contributed by atoms with Crippen LogP contribution >= 0.6 is 23.4 Å². The molecule has 0 atom stereocenters. The molecule has 2 aromatic rings. The van der Waals surface area contributed by atoms with Crippen LogP contribution in [0.4, 0.5) is 4.39 Å². The summed E-state index contributed by atoms with van der Waals surface area (Å²) in [5, 5.41) is 3.28. The van der Waals surface area contributed by atoms with E-state index in [1.165, 1.54) is 16.5 Å². The minimum atomic E-state index is -0.357. The van der Waals surface area contributed by atoms with E-state index >= 15 is 0 Å². The van der Waals surface area contributed by atoms with Crippen LogP contribution in [0.1, 0.15) is 11.1 Å². The first-order valence-corrected chi connectivity index (χ1v) is 7.35. The molecule has 19 heavy (non-hydrogen) atoms. The number of rotatable bonds is 5. The predicted molar refractivity (Wildman–Crippen MR) is 80.2 cm³/mol. The third-order valence-corrected chi connectivity index (χ3v) is 4.08. The molecule has 0 aliphatic carbocycles. The van der Waals surface area contributed by atoms with Gasteiger partial charge in [0, 0.05) is 17.2 Å². The molecule has 0 radical (unpaired) electrons. The van der Waals surface area contributed by atoms with Gasteiger partial charge in [-0.15, -0.1) is 11.8 Å². The average molecular weight is 296 g/mol. The molecule has 0 fully saturated rings. The lowest BCUT2D eigenvalue weighted by Gasteiger charge is -2.05. The average Bonchev–Trinajstić information content (AvgIpc) is 2.42. The quantitative estimate of drug-likeness (QED) is 0.816. The first kappa shape index (κ1) is 14.4. The molecular weight excluding hydrogens is 281 g/mol. The lowest BCUT2D eigenvalue weighted by atomic mass is 10.2. The fourth-order valence-electron chi connectivity index (χ4n) is 1.70. The fraction of sp³-hybridized carbons (Fsp3) is 0.200. The Kier molecular flexibility index (Phi) is 5.25. The summed E-state index contributed by atoms with van der Waals surface area (Å²) in [6.45, 7) is 0.868. The molecule has 0 bridgehead atoms. The van der Waals surface area contributed by atoms with Gasteiger partial charge in [0.2, 0.25) is 0 Å². The summed E-state index contributed by atoms with van der Waals surface area (Å²) in [7, 11) is 1.93. The standard InChI is InChI=1S/C15H15ClFNS/c1-18-9-11-2-5-13(6-3-11)19-10-12-4-7-14(16)15(17)8-12/h2-8,18H,9-10H2,1H3. The van der Waals surface area contributed by atoms with E-state index in [4.69, 9.17) is 11.6 Å². The lowest BCUT2D eigenvalue weighted by Crippen LogP contribution is -2.04. The Labute approximate surface area is 122 Å². The predicted octanol–water partition coefficient (Wildman–Crippen LogP) is 4.49. The first-order valence-electron chi connectivity index (χ1n) is 5.99. The van der Waals surface area contributed by atoms with Crippen LogP contribution in [0.2, 0.25) is 5.02 Å². The second-order valence-electron chi connectivity index (χ2n) is 4.21. The number of hydrogen-bond donors (Lipinski definition) is 1. The largest absolute Gasteiger partial charge is 0.316 e. The van der Waals surface area contributed by atoms with Gasteiger partial charge in [-0.25, -0.2) is 4.39 Å². The van der Waals surface area contributed by atoms with Crippen LogP contribution in [0.3, 0.4) is 0 Å². The number of thioether (sulfide) groups is 1. The van der Waals surface area contributed by atoms with E-state index in [1.807, 2.05) is 13.1 Å².